The van der Waals surface area contributed by atoms with Gasteiger partial charge in [0.05, 0.1) is 13.3 Å². The van der Waals surface area contributed by atoms with E-state index in [0.717, 1.165) is 6.42 Å². The number of hydrogen-bond donors (Lipinski definition) is 0. The van der Waals surface area contributed by atoms with Gasteiger partial charge in [-0.2, -0.15) is 5.26 Å². The van der Waals surface area contributed by atoms with Crippen LogP contribution in [0, 0.1) is 22.2 Å². The summed E-state index contributed by atoms with van der Waals surface area (Å²) in [5.41, 5.74) is 0.594. The maximum Gasteiger partial charge on any atom is 0.182 e. The highest BCUT2D eigenvalue weighted by atomic mass is 16.5. The number of hydrogen-bond acceptors (Lipinski definition) is 4. The van der Waals surface area contributed by atoms with Crippen molar-refractivity contribution < 1.29 is 9.47 Å². The lowest BCUT2D eigenvalue weighted by Crippen LogP contribution is -2.58. The van der Waals surface area contributed by atoms with Crippen molar-refractivity contribution in [3.05, 3.63) is 18.0 Å². The molecule has 0 atom stereocenters. The zero-order valence-corrected chi connectivity index (χ0v) is 12.2. The summed E-state index contributed by atoms with van der Waals surface area (Å²) in [5, 5.41) is 8.91. The van der Waals surface area contributed by atoms with Gasteiger partial charge in [-0.05, 0) is 6.42 Å². The van der Waals surface area contributed by atoms with E-state index in [0.29, 0.717) is 11.5 Å². The Morgan fingerprint density at radius 3 is 2.42 bits per heavy atom. The first kappa shape index (κ1) is 13.7. The predicted octanol–water partition coefficient (Wildman–Crippen LogP) is 3.17. The molecule has 1 aliphatic rings. The molecule has 0 saturated heterocycles. The molecule has 0 unspecified atom stereocenters. The molecule has 1 heterocycles. The van der Waals surface area contributed by atoms with Crippen molar-refractivity contribution in [2.45, 2.75) is 40.2 Å². The summed E-state index contributed by atoms with van der Waals surface area (Å²) in [5.74, 6) is 1.11. The SMILES string of the molecule is COc1cc(OC2C(C)(C)CC2(C)C)cnc1C#N. The van der Waals surface area contributed by atoms with E-state index in [1.807, 2.05) is 6.07 Å². The Kier molecular flexibility index (Phi) is 3.17. The molecule has 1 aromatic heterocycles. The van der Waals surface area contributed by atoms with Crippen LogP contribution in [0.4, 0.5) is 0 Å². The molecule has 102 valence electrons. The van der Waals surface area contributed by atoms with Gasteiger partial charge < -0.3 is 9.47 Å². The van der Waals surface area contributed by atoms with Gasteiger partial charge in [-0.1, -0.05) is 27.7 Å². The molecule has 1 fully saturated rings. The number of nitrogens with zero attached hydrogens (tertiary/aromatic N) is 2. The topological polar surface area (TPSA) is 55.1 Å². The van der Waals surface area contributed by atoms with Crippen LogP contribution in [0.5, 0.6) is 11.5 Å². The zero-order chi connectivity index (χ0) is 14.3. The molecule has 4 nitrogen and oxygen atoms in total. The number of rotatable bonds is 3. The second-order valence-electron chi connectivity index (χ2n) is 6.49. The first-order valence-corrected chi connectivity index (χ1v) is 6.41. The number of ether oxygens (including phenoxy) is 2. The fourth-order valence-electron chi connectivity index (χ4n) is 3.47. The van der Waals surface area contributed by atoms with Crippen LogP contribution in [-0.4, -0.2) is 18.2 Å². The van der Waals surface area contributed by atoms with Gasteiger partial charge in [0.25, 0.3) is 0 Å². The maximum absolute atomic E-state index is 8.91. The Morgan fingerprint density at radius 2 is 1.95 bits per heavy atom. The van der Waals surface area contributed by atoms with E-state index in [1.54, 1.807) is 12.3 Å². The first-order valence-electron chi connectivity index (χ1n) is 6.41. The number of pyridine rings is 1. The Labute approximate surface area is 114 Å². The van der Waals surface area contributed by atoms with Crippen LogP contribution < -0.4 is 9.47 Å². The minimum atomic E-state index is 0.138. The first-order chi connectivity index (χ1) is 8.80. The van der Waals surface area contributed by atoms with Gasteiger partial charge in [-0.15, -0.1) is 0 Å². The van der Waals surface area contributed by atoms with Gasteiger partial charge in [-0.3, -0.25) is 0 Å². The summed E-state index contributed by atoms with van der Waals surface area (Å²) in [7, 11) is 1.53. The summed E-state index contributed by atoms with van der Waals surface area (Å²) in [6, 6.07) is 3.73. The van der Waals surface area contributed by atoms with Crippen LogP contribution >= 0.6 is 0 Å². The lowest BCUT2D eigenvalue weighted by Gasteiger charge is -2.56. The van der Waals surface area contributed by atoms with Crippen LogP contribution in [0.1, 0.15) is 39.8 Å². The predicted molar refractivity (Wildman–Crippen MR) is 72.1 cm³/mol. The quantitative estimate of drug-likeness (QED) is 0.837. The van der Waals surface area contributed by atoms with E-state index >= 15 is 0 Å². The van der Waals surface area contributed by atoms with Crippen molar-refractivity contribution in [1.82, 2.24) is 4.98 Å². The molecule has 0 aliphatic heterocycles. The van der Waals surface area contributed by atoms with Crippen molar-refractivity contribution in [3.8, 4) is 17.6 Å². The fourth-order valence-corrected chi connectivity index (χ4v) is 3.47. The fraction of sp³-hybridized carbons (Fsp3) is 0.600. The second-order valence-corrected chi connectivity index (χ2v) is 6.49. The van der Waals surface area contributed by atoms with Crippen molar-refractivity contribution in [1.29, 1.82) is 5.26 Å². The molecule has 0 N–H and O–H groups in total. The van der Waals surface area contributed by atoms with Crippen molar-refractivity contribution in [2.75, 3.05) is 7.11 Å². The molecule has 1 saturated carbocycles. The highest BCUT2D eigenvalue weighted by molar-refractivity contribution is 5.41. The number of aromatic nitrogens is 1. The Hall–Kier alpha value is -1.76. The summed E-state index contributed by atoms with van der Waals surface area (Å²) >= 11 is 0. The Bertz CT molecular complexity index is 515. The molecular formula is C15H20N2O2. The standard InChI is InChI=1S/C15H20N2O2/c1-14(2)9-15(3,4)13(14)19-10-6-12(18-5)11(7-16)17-8-10/h6,8,13H,9H2,1-5H3. The molecule has 0 spiro atoms. The Morgan fingerprint density at radius 1 is 1.32 bits per heavy atom. The maximum atomic E-state index is 8.91. The average Bonchev–Trinajstić information content (AvgIpc) is 2.34. The monoisotopic (exact) mass is 260 g/mol. The molecule has 0 amide bonds. The third-order valence-corrected chi connectivity index (χ3v) is 3.74. The van der Waals surface area contributed by atoms with Gasteiger partial charge >= 0.3 is 0 Å². The highest BCUT2D eigenvalue weighted by Crippen LogP contribution is 2.55. The van der Waals surface area contributed by atoms with Gasteiger partial charge in [0, 0.05) is 16.9 Å². The molecule has 0 radical (unpaired) electrons. The van der Waals surface area contributed by atoms with Gasteiger partial charge in [0.1, 0.15) is 17.9 Å². The van der Waals surface area contributed by atoms with Crippen LogP contribution in [0.25, 0.3) is 0 Å². The average molecular weight is 260 g/mol. The van der Waals surface area contributed by atoms with E-state index in [1.165, 1.54) is 7.11 Å². The summed E-state index contributed by atoms with van der Waals surface area (Å²) in [6.45, 7) is 8.82. The summed E-state index contributed by atoms with van der Waals surface area (Å²) in [6.07, 6.45) is 2.86. The molecule has 4 heteroatoms. The van der Waals surface area contributed by atoms with E-state index in [9.17, 15) is 0 Å². The molecule has 1 aliphatic carbocycles. The van der Waals surface area contributed by atoms with Crippen LogP contribution in [0.15, 0.2) is 12.3 Å². The van der Waals surface area contributed by atoms with Crippen LogP contribution in [0.2, 0.25) is 0 Å². The zero-order valence-electron chi connectivity index (χ0n) is 12.2. The van der Waals surface area contributed by atoms with Crippen molar-refractivity contribution in [3.63, 3.8) is 0 Å². The van der Waals surface area contributed by atoms with E-state index in [4.69, 9.17) is 14.7 Å². The molecule has 0 aromatic carbocycles. The summed E-state index contributed by atoms with van der Waals surface area (Å²) < 4.78 is 11.2. The summed E-state index contributed by atoms with van der Waals surface area (Å²) in [4.78, 5) is 4.06. The molecule has 2 rings (SSSR count). The third kappa shape index (κ3) is 2.37. The van der Waals surface area contributed by atoms with Crippen LogP contribution in [-0.2, 0) is 0 Å². The van der Waals surface area contributed by atoms with Gasteiger partial charge in [-0.25, -0.2) is 4.98 Å². The smallest absolute Gasteiger partial charge is 0.182 e. The van der Waals surface area contributed by atoms with Gasteiger partial charge in [0.15, 0.2) is 11.4 Å². The van der Waals surface area contributed by atoms with Crippen molar-refractivity contribution in [2.24, 2.45) is 10.8 Å². The molecular weight excluding hydrogens is 240 g/mol. The molecule has 1 aromatic rings. The Balaban J connectivity index is 2.23. The molecule has 0 bridgehead atoms. The number of methoxy groups -OCH3 is 1. The van der Waals surface area contributed by atoms with E-state index < -0.39 is 0 Å². The lowest BCUT2D eigenvalue weighted by atomic mass is 9.53. The molecule has 19 heavy (non-hydrogen) atoms. The minimum absolute atomic E-state index is 0.138. The third-order valence-electron chi connectivity index (χ3n) is 3.74. The second kappa shape index (κ2) is 4.41. The van der Waals surface area contributed by atoms with Gasteiger partial charge in [0.2, 0.25) is 0 Å². The van der Waals surface area contributed by atoms with E-state index in [-0.39, 0.29) is 22.6 Å². The number of nitriles is 1. The highest BCUT2D eigenvalue weighted by Gasteiger charge is 2.54. The largest absolute Gasteiger partial charge is 0.494 e. The lowest BCUT2D eigenvalue weighted by molar-refractivity contribution is -0.134. The van der Waals surface area contributed by atoms with E-state index in [2.05, 4.69) is 32.7 Å². The normalized spacial score (nSPS) is 20.2. The van der Waals surface area contributed by atoms with Crippen molar-refractivity contribution >= 4 is 0 Å². The van der Waals surface area contributed by atoms with Crippen LogP contribution in [0.3, 0.4) is 0 Å². The minimum Gasteiger partial charge on any atom is -0.494 e.